The van der Waals surface area contributed by atoms with Gasteiger partial charge in [0.2, 0.25) is 5.88 Å². The molecule has 12 nitrogen and oxygen atoms in total. The first-order valence-electron chi connectivity index (χ1n) is 12.1. The van der Waals surface area contributed by atoms with Gasteiger partial charge in [0.15, 0.2) is 16.9 Å². The summed E-state index contributed by atoms with van der Waals surface area (Å²) in [5, 5.41) is 32.3. The molecule has 1 atom stereocenters. The van der Waals surface area contributed by atoms with Gasteiger partial charge in [0, 0.05) is 12.4 Å². The third kappa shape index (κ3) is 4.42. The summed E-state index contributed by atoms with van der Waals surface area (Å²) in [6, 6.07) is 20.6. The third-order valence-electron chi connectivity index (χ3n) is 6.44. The van der Waals surface area contributed by atoms with Crippen LogP contribution in [-0.4, -0.2) is 47.0 Å². The average molecular weight is 526 g/mol. The summed E-state index contributed by atoms with van der Waals surface area (Å²) in [4.78, 5) is 34.4. The quantitative estimate of drug-likeness (QED) is 0.233. The maximum Gasteiger partial charge on any atom is 0.329 e. The molecule has 3 aromatic heterocycles. The fourth-order valence-electron chi connectivity index (χ4n) is 4.49. The zero-order valence-electron chi connectivity index (χ0n) is 20.7. The molecule has 3 heterocycles. The van der Waals surface area contributed by atoms with Crippen LogP contribution in [0.25, 0.3) is 32.8 Å². The predicted molar refractivity (Wildman–Crippen MR) is 145 cm³/mol. The van der Waals surface area contributed by atoms with Gasteiger partial charge in [-0.25, -0.2) is 4.79 Å². The van der Waals surface area contributed by atoms with Gasteiger partial charge in [-0.1, -0.05) is 48.5 Å². The van der Waals surface area contributed by atoms with Gasteiger partial charge in [0.05, 0.1) is 12.1 Å². The lowest BCUT2D eigenvalue weighted by atomic mass is 10.1. The number of benzene rings is 3. The number of imidazole rings is 1. The highest BCUT2D eigenvalue weighted by atomic mass is 16.5. The Balaban J connectivity index is 1.34. The van der Waals surface area contributed by atoms with Crippen LogP contribution in [0, 0.1) is 0 Å². The van der Waals surface area contributed by atoms with Crippen LogP contribution in [0.2, 0.25) is 0 Å². The summed E-state index contributed by atoms with van der Waals surface area (Å²) in [5.74, 6) is 0.362. The van der Waals surface area contributed by atoms with Gasteiger partial charge in [-0.3, -0.25) is 18.9 Å². The van der Waals surface area contributed by atoms with E-state index in [-0.39, 0.29) is 41.8 Å². The molecule has 4 N–H and O–H groups in total. The first kappa shape index (κ1) is 24.1. The number of aromatic nitrogens is 5. The Hall–Kier alpha value is -5.23. The van der Waals surface area contributed by atoms with Crippen molar-refractivity contribution in [1.29, 1.82) is 0 Å². The van der Waals surface area contributed by atoms with Crippen LogP contribution in [0.5, 0.6) is 11.6 Å². The standard InChI is InChI=1S/C27H23N7O5/c1-33-23-22(25(37)30-27(33)38)34(13-17(35)14-39-18-11-10-15-6-2-3-7-16(15)12-18)26(29-23)32-31-21-19-8-4-5-9-20(19)28-24(21)36/h2-12,17,28,35-36H,13-14H2,1H3,(H,30,37,38). The number of para-hydroxylation sites is 1. The molecule has 3 aromatic carbocycles. The second-order valence-corrected chi connectivity index (χ2v) is 9.05. The number of hydrogen-bond acceptors (Lipinski definition) is 8. The first-order chi connectivity index (χ1) is 18.9. The molecule has 0 aliphatic heterocycles. The highest BCUT2D eigenvalue weighted by Crippen LogP contribution is 2.36. The highest BCUT2D eigenvalue weighted by Gasteiger charge is 2.20. The number of nitrogens with zero attached hydrogens (tertiary/aromatic N) is 5. The van der Waals surface area contributed by atoms with E-state index in [0.717, 1.165) is 10.8 Å². The van der Waals surface area contributed by atoms with Crippen LogP contribution >= 0.6 is 0 Å². The van der Waals surface area contributed by atoms with Crippen molar-refractivity contribution in [2.75, 3.05) is 6.61 Å². The Morgan fingerprint density at radius 2 is 1.77 bits per heavy atom. The summed E-state index contributed by atoms with van der Waals surface area (Å²) in [6.07, 6.45) is -1.07. The van der Waals surface area contributed by atoms with E-state index >= 15 is 0 Å². The van der Waals surface area contributed by atoms with E-state index in [1.165, 1.54) is 16.2 Å². The first-order valence-corrected chi connectivity index (χ1v) is 12.1. The summed E-state index contributed by atoms with van der Waals surface area (Å²) in [6.45, 7) is -0.207. The molecular formula is C27H23N7O5. The van der Waals surface area contributed by atoms with Crippen molar-refractivity contribution in [1.82, 2.24) is 24.1 Å². The molecule has 0 spiro atoms. The summed E-state index contributed by atoms with van der Waals surface area (Å²) >= 11 is 0. The van der Waals surface area contributed by atoms with Gasteiger partial charge in [-0.2, -0.15) is 4.98 Å². The molecule has 39 heavy (non-hydrogen) atoms. The largest absolute Gasteiger partial charge is 0.493 e. The van der Waals surface area contributed by atoms with Crippen molar-refractivity contribution in [2.45, 2.75) is 12.6 Å². The number of nitrogens with one attached hydrogen (secondary N) is 2. The van der Waals surface area contributed by atoms with Gasteiger partial charge in [-0.05, 0) is 29.0 Å². The Kier molecular flexibility index (Phi) is 5.92. The number of aliphatic hydroxyl groups excluding tert-OH is 1. The van der Waals surface area contributed by atoms with Crippen molar-refractivity contribution in [3.63, 3.8) is 0 Å². The van der Waals surface area contributed by atoms with E-state index in [9.17, 15) is 19.8 Å². The molecule has 0 aliphatic carbocycles. The maximum absolute atomic E-state index is 12.8. The number of aryl methyl sites for hydroxylation is 1. The van der Waals surface area contributed by atoms with Gasteiger partial charge in [-0.15, -0.1) is 10.2 Å². The number of H-pyrrole nitrogens is 2. The molecule has 0 radical (unpaired) electrons. The van der Waals surface area contributed by atoms with Gasteiger partial charge < -0.3 is 19.9 Å². The molecule has 196 valence electrons. The number of rotatable bonds is 7. The minimum Gasteiger partial charge on any atom is -0.493 e. The Labute approximate surface area is 219 Å². The van der Waals surface area contributed by atoms with Gasteiger partial charge in [0.1, 0.15) is 18.5 Å². The number of aromatic hydroxyl groups is 1. The molecule has 6 rings (SSSR count). The highest BCUT2D eigenvalue weighted by molar-refractivity contribution is 5.94. The maximum atomic E-state index is 12.8. The molecule has 0 amide bonds. The molecule has 1 unspecified atom stereocenters. The summed E-state index contributed by atoms with van der Waals surface area (Å²) in [5.41, 5.74) is -0.359. The number of aromatic amines is 2. The van der Waals surface area contributed by atoms with E-state index in [4.69, 9.17) is 4.74 Å². The van der Waals surface area contributed by atoms with Crippen LogP contribution in [0.4, 0.5) is 11.6 Å². The SMILES string of the molecule is Cn1c(=O)[nH]c(=O)c2c1nc(N=Nc1c(O)[nH]c3ccccc13)n2CC(O)COc1ccc2ccccc2c1. The third-order valence-corrected chi connectivity index (χ3v) is 6.44. The van der Waals surface area contributed by atoms with Crippen molar-refractivity contribution in [3.8, 4) is 11.6 Å². The number of ether oxygens (including phenoxy) is 1. The number of azo groups is 1. The lowest BCUT2D eigenvalue weighted by Gasteiger charge is -2.14. The predicted octanol–water partition coefficient (Wildman–Crippen LogP) is 3.62. The molecular weight excluding hydrogens is 502 g/mol. The topological polar surface area (TPSA) is 163 Å². The number of aliphatic hydroxyl groups is 1. The normalized spacial score (nSPS) is 12.7. The Morgan fingerprint density at radius 3 is 2.62 bits per heavy atom. The van der Waals surface area contributed by atoms with E-state index in [2.05, 4.69) is 25.2 Å². The van der Waals surface area contributed by atoms with Crippen molar-refractivity contribution in [2.24, 2.45) is 17.3 Å². The summed E-state index contributed by atoms with van der Waals surface area (Å²) < 4.78 is 8.36. The minimum absolute atomic E-state index is 0.0360. The molecule has 0 fully saturated rings. The molecule has 6 aromatic rings. The number of hydrogen-bond donors (Lipinski definition) is 4. The molecule has 12 heteroatoms. The molecule has 0 saturated carbocycles. The van der Waals surface area contributed by atoms with Crippen molar-refractivity contribution in [3.05, 3.63) is 87.6 Å². The van der Waals surface area contributed by atoms with Gasteiger partial charge >= 0.3 is 5.69 Å². The van der Waals surface area contributed by atoms with Crippen molar-refractivity contribution < 1.29 is 14.9 Å². The Bertz CT molecular complexity index is 2000. The molecule has 0 bridgehead atoms. The molecule has 0 saturated heterocycles. The average Bonchev–Trinajstić information content (AvgIpc) is 3.46. The van der Waals surface area contributed by atoms with Crippen LogP contribution in [0.3, 0.4) is 0 Å². The van der Waals surface area contributed by atoms with Crippen LogP contribution in [0.1, 0.15) is 0 Å². The van der Waals surface area contributed by atoms with Crippen LogP contribution < -0.4 is 16.0 Å². The second-order valence-electron chi connectivity index (χ2n) is 9.05. The Morgan fingerprint density at radius 1 is 1.00 bits per heavy atom. The fraction of sp³-hybridized carbons (Fsp3) is 0.148. The van der Waals surface area contributed by atoms with E-state index in [0.29, 0.717) is 16.7 Å². The monoisotopic (exact) mass is 525 g/mol. The minimum atomic E-state index is -1.07. The zero-order chi connectivity index (χ0) is 27.1. The zero-order valence-corrected chi connectivity index (χ0v) is 20.7. The van der Waals surface area contributed by atoms with Gasteiger partial charge in [0.25, 0.3) is 11.5 Å². The van der Waals surface area contributed by atoms with Crippen molar-refractivity contribution >= 4 is 44.5 Å². The second kappa shape index (κ2) is 9.58. The lowest BCUT2D eigenvalue weighted by molar-refractivity contribution is 0.0938. The lowest BCUT2D eigenvalue weighted by Crippen LogP contribution is -2.30. The van der Waals surface area contributed by atoms with E-state index < -0.39 is 17.4 Å². The van der Waals surface area contributed by atoms with Crippen LogP contribution in [0.15, 0.2) is 86.5 Å². The smallest absolute Gasteiger partial charge is 0.329 e. The molecule has 0 aliphatic rings. The van der Waals surface area contributed by atoms with E-state index in [1.54, 1.807) is 18.2 Å². The van der Waals surface area contributed by atoms with Crippen LogP contribution in [-0.2, 0) is 13.6 Å². The fourth-order valence-corrected chi connectivity index (χ4v) is 4.49. The number of fused-ring (bicyclic) bond motifs is 3. The van der Waals surface area contributed by atoms with E-state index in [1.807, 2.05) is 48.5 Å². The summed E-state index contributed by atoms with van der Waals surface area (Å²) in [7, 11) is 1.46.